The van der Waals surface area contributed by atoms with Crippen LogP contribution in [0.2, 0.25) is 0 Å². The Kier molecular flexibility index (Phi) is 3.26. The molecule has 2 aliphatic heterocycles. The molecule has 3 N–H and O–H groups in total. The van der Waals surface area contributed by atoms with Crippen LogP contribution in [0, 0.1) is 0 Å². The summed E-state index contributed by atoms with van der Waals surface area (Å²) < 4.78 is 0. The highest BCUT2D eigenvalue weighted by molar-refractivity contribution is 5.67. The summed E-state index contributed by atoms with van der Waals surface area (Å²) in [5.41, 5.74) is 10.1. The summed E-state index contributed by atoms with van der Waals surface area (Å²) in [6, 6.07) is 7.31. The Hall–Kier alpha value is -1.75. The van der Waals surface area contributed by atoms with E-state index in [1.54, 1.807) is 4.90 Å². The Morgan fingerprint density at radius 2 is 1.86 bits per heavy atom. The van der Waals surface area contributed by atoms with Crippen LogP contribution >= 0.6 is 0 Å². The Balaban J connectivity index is 1.56. The highest BCUT2D eigenvalue weighted by atomic mass is 16.4. The van der Waals surface area contributed by atoms with Gasteiger partial charge in [0.2, 0.25) is 0 Å². The second kappa shape index (κ2) is 5.16. The molecule has 0 radical (unpaired) electrons. The second-order valence-corrected chi connectivity index (χ2v) is 6.94. The molecule has 3 atom stereocenters. The number of benzene rings is 1. The fraction of sp³-hybridized carbons (Fsp3) is 0.588. The van der Waals surface area contributed by atoms with Crippen LogP contribution in [0.25, 0.3) is 0 Å². The van der Waals surface area contributed by atoms with Crippen molar-refractivity contribution in [3.8, 4) is 0 Å². The van der Waals surface area contributed by atoms with Crippen molar-refractivity contribution in [3.05, 3.63) is 29.3 Å². The highest BCUT2D eigenvalue weighted by Crippen LogP contribution is 2.34. The lowest BCUT2D eigenvalue weighted by atomic mass is 9.88. The smallest absolute Gasteiger partial charge is 0.407 e. The predicted molar refractivity (Wildman–Crippen MR) is 85.3 cm³/mol. The maximum Gasteiger partial charge on any atom is 0.407 e. The number of carboxylic acid groups (broad SMARTS) is 1. The van der Waals surface area contributed by atoms with Gasteiger partial charge in [0.15, 0.2) is 0 Å². The molecule has 0 saturated carbocycles. The van der Waals surface area contributed by atoms with E-state index in [9.17, 15) is 9.90 Å². The quantitative estimate of drug-likeness (QED) is 0.830. The molecule has 5 nitrogen and oxygen atoms in total. The van der Waals surface area contributed by atoms with E-state index < -0.39 is 6.09 Å². The molecule has 22 heavy (non-hydrogen) atoms. The van der Waals surface area contributed by atoms with Gasteiger partial charge in [-0.1, -0.05) is 6.07 Å². The molecule has 3 aliphatic rings. The summed E-state index contributed by atoms with van der Waals surface area (Å²) in [5, 5.41) is 9.35. The van der Waals surface area contributed by atoms with Crippen LogP contribution in [-0.2, 0) is 12.8 Å². The van der Waals surface area contributed by atoms with Crippen LogP contribution in [0.1, 0.15) is 30.4 Å². The fourth-order valence-electron chi connectivity index (χ4n) is 4.39. The van der Waals surface area contributed by atoms with Crippen molar-refractivity contribution < 1.29 is 9.90 Å². The summed E-state index contributed by atoms with van der Waals surface area (Å²) in [5.74, 6) is 0. The van der Waals surface area contributed by atoms with Gasteiger partial charge in [0.25, 0.3) is 0 Å². The first kappa shape index (κ1) is 13.9. The van der Waals surface area contributed by atoms with Gasteiger partial charge in [-0.15, -0.1) is 0 Å². The highest BCUT2D eigenvalue weighted by Gasteiger charge is 2.42. The van der Waals surface area contributed by atoms with Crippen molar-refractivity contribution in [2.24, 2.45) is 5.73 Å². The van der Waals surface area contributed by atoms with Crippen molar-refractivity contribution in [2.45, 2.75) is 50.2 Å². The van der Waals surface area contributed by atoms with Gasteiger partial charge in [0.1, 0.15) is 0 Å². The van der Waals surface area contributed by atoms with Gasteiger partial charge in [-0.25, -0.2) is 4.79 Å². The van der Waals surface area contributed by atoms with Gasteiger partial charge in [-0.05, 0) is 55.4 Å². The minimum atomic E-state index is -0.758. The first-order valence-corrected chi connectivity index (χ1v) is 8.25. The zero-order valence-electron chi connectivity index (χ0n) is 12.7. The average Bonchev–Trinajstić information content (AvgIpc) is 2.77. The van der Waals surface area contributed by atoms with E-state index in [4.69, 9.17) is 5.73 Å². The Morgan fingerprint density at radius 3 is 2.55 bits per heavy atom. The number of nitrogens with two attached hydrogens (primary N) is 1. The molecular weight excluding hydrogens is 278 g/mol. The summed E-state index contributed by atoms with van der Waals surface area (Å²) in [7, 11) is 0. The first-order chi connectivity index (χ1) is 10.6. The average molecular weight is 301 g/mol. The SMILES string of the molecule is NC1CCc2cc(N3CC4CCC(C3)N4C(=O)O)ccc2C1. The molecule has 5 heteroatoms. The lowest BCUT2D eigenvalue weighted by molar-refractivity contribution is 0.115. The normalized spacial score (nSPS) is 30.3. The molecule has 3 unspecified atom stereocenters. The van der Waals surface area contributed by atoms with Crippen molar-refractivity contribution >= 4 is 11.8 Å². The van der Waals surface area contributed by atoms with E-state index in [1.807, 2.05) is 0 Å². The third-order valence-electron chi connectivity index (χ3n) is 5.52. The number of carbonyl (C=O) groups is 1. The largest absolute Gasteiger partial charge is 0.465 e. The molecule has 4 rings (SSSR count). The van der Waals surface area contributed by atoms with E-state index in [-0.39, 0.29) is 12.1 Å². The maximum absolute atomic E-state index is 11.4. The Labute approximate surface area is 130 Å². The molecule has 1 amide bonds. The van der Waals surface area contributed by atoms with Gasteiger partial charge in [0, 0.05) is 24.8 Å². The van der Waals surface area contributed by atoms with Gasteiger partial charge in [0.05, 0.1) is 12.1 Å². The third kappa shape index (κ3) is 2.24. The van der Waals surface area contributed by atoms with Crippen LogP contribution < -0.4 is 10.6 Å². The molecule has 0 spiro atoms. The van der Waals surface area contributed by atoms with Crippen molar-refractivity contribution in [1.82, 2.24) is 4.90 Å². The van der Waals surface area contributed by atoms with E-state index in [1.165, 1.54) is 16.8 Å². The topological polar surface area (TPSA) is 69.8 Å². The monoisotopic (exact) mass is 301 g/mol. The van der Waals surface area contributed by atoms with Crippen LogP contribution in [0.5, 0.6) is 0 Å². The molecule has 1 aromatic rings. The number of fused-ring (bicyclic) bond motifs is 3. The van der Waals surface area contributed by atoms with Crippen LogP contribution in [0.15, 0.2) is 18.2 Å². The van der Waals surface area contributed by atoms with E-state index >= 15 is 0 Å². The number of rotatable bonds is 1. The molecular formula is C17H23N3O2. The minimum absolute atomic E-state index is 0.153. The molecule has 2 fully saturated rings. The van der Waals surface area contributed by atoms with E-state index in [2.05, 4.69) is 23.1 Å². The summed E-state index contributed by atoms with van der Waals surface area (Å²) in [4.78, 5) is 15.4. The first-order valence-electron chi connectivity index (χ1n) is 8.25. The molecule has 1 aromatic carbocycles. The maximum atomic E-state index is 11.4. The third-order valence-corrected chi connectivity index (χ3v) is 5.52. The van der Waals surface area contributed by atoms with Crippen LogP contribution in [0.4, 0.5) is 10.5 Å². The number of hydrogen-bond acceptors (Lipinski definition) is 3. The lowest BCUT2D eigenvalue weighted by Gasteiger charge is -2.41. The number of amides is 1. The van der Waals surface area contributed by atoms with Crippen LogP contribution in [-0.4, -0.2) is 47.3 Å². The van der Waals surface area contributed by atoms with Crippen molar-refractivity contribution in [1.29, 1.82) is 0 Å². The standard InChI is InChI=1S/C17H23N3O2/c18-13-3-1-12-8-14(4-2-11(12)7-13)19-9-15-5-6-16(10-19)20(15)17(21)22/h2,4,8,13,15-16H,1,3,5-7,9-10,18H2,(H,21,22). The van der Waals surface area contributed by atoms with Gasteiger partial charge in [-0.2, -0.15) is 0 Å². The van der Waals surface area contributed by atoms with Crippen molar-refractivity contribution in [2.75, 3.05) is 18.0 Å². The summed E-state index contributed by atoms with van der Waals surface area (Å²) in [6.07, 6.45) is 4.33. The number of aryl methyl sites for hydroxylation is 1. The van der Waals surface area contributed by atoms with E-state index in [0.717, 1.165) is 45.2 Å². The number of nitrogens with zero attached hydrogens (tertiary/aromatic N) is 2. The summed E-state index contributed by atoms with van der Waals surface area (Å²) >= 11 is 0. The zero-order valence-corrected chi connectivity index (χ0v) is 12.7. The van der Waals surface area contributed by atoms with Crippen molar-refractivity contribution in [3.63, 3.8) is 0 Å². The second-order valence-electron chi connectivity index (χ2n) is 6.94. The van der Waals surface area contributed by atoms with E-state index in [0.29, 0.717) is 6.04 Å². The number of hydrogen-bond donors (Lipinski definition) is 2. The van der Waals surface area contributed by atoms with Gasteiger partial charge < -0.3 is 15.7 Å². The summed E-state index contributed by atoms with van der Waals surface area (Å²) in [6.45, 7) is 1.64. The molecule has 2 saturated heterocycles. The molecule has 1 aliphatic carbocycles. The van der Waals surface area contributed by atoms with Crippen LogP contribution in [0.3, 0.4) is 0 Å². The molecule has 2 bridgehead atoms. The molecule has 2 heterocycles. The lowest BCUT2D eigenvalue weighted by Crippen LogP contribution is -2.55. The predicted octanol–water partition coefficient (Wildman–Crippen LogP) is 1.83. The molecule has 118 valence electrons. The zero-order chi connectivity index (χ0) is 15.3. The Morgan fingerprint density at radius 1 is 1.14 bits per heavy atom. The van der Waals surface area contributed by atoms with Gasteiger partial charge in [-0.3, -0.25) is 4.90 Å². The fourth-order valence-corrected chi connectivity index (χ4v) is 4.39. The number of anilines is 1. The number of piperazine rings is 1. The Bertz CT molecular complexity index is 590. The van der Waals surface area contributed by atoms with Gasteiger partial charge >= 0.3 is 6.09 Å². The molecule has 0 aromatic heterocycles. The minimum Gasteiger partial charge on any atom is -0.465 e.